The van der Waals surface area contributed by atoms with Crippen LogP contribution in [0.2, 0.25) is 5.02 Å². The van der Waals surface area contributed by atoms with Gasteiger partial charge in [0.15, 0.2) is 5.11 Å². The van der Waals surface area contributed by atoms with E-state index in [0.29, 0.717) is 10.7 Å². The number of thiocarbonyl (C=S) groups is 1. The second-order valence-electron chi connectivity index (χ2n) is 3.38. The summed E-state index contributed by atoms with van der Waals surface area (Å²) in [7, 11) is 0. The Hall–Kier alpha value is -1.86. The summed E-state index contributed by atoms with van der Waals surface area (Å²) in [6.45, 7) is 0. The molecular formula is C10H7ClN4O2S. The summed E-state index contributed by atoms with van der Waals surface area (Å²) in [5, 5.41) is 12.4. The third-order valence-corrected chi connectivity index (χ3v) is 2.63. The van der Waals surface area contributed by atoms with Crippen molar-refractivity contribution in [1.82, 2.24) is 10.6 Å². The van der Waals surface area contributed by atoms with Gasteiger partial charge < -0.3 is 10.6 Å². The fraction of sp³-hybridized carbons (Fsp3) is 0.100. The number of azo groups is 1. The van der Waals surface area contributed by atoms with Crippen molar-refractivity contribution < 1.29 is 9.59 Å². The molecule has 1 fully saturated rings. The monoisotopic (exact) mass is 282 g/mol. The van der Waals surface area contributed by atoms with Crippen LogP contribution in [0.4, 0.5) is 5.69 Å². The van der Waals surface area contributed by atoms with Crippen LogP contribution in [-0.4, -0.2) is 23.0 Å². The van der Waals surface area contributed by atoms with Gasteiger partial charge in [0, 0.05) is 0 Å². The first kappa shape index (κ1) is 12.6. The number of halogens is 1. The Morgan fingerprint density at radius 1 is 1.17 bits per heavy atom. The van der Waals surface area contributed by atoms with Crippen molar-refractivity contribution in [3.05, 3.63) is 29.3 Å². The molecule has 0 bridgehead atoms. The minimum absolute atomic E-state index is 0.0332. The molecule has 0 radical (unpaired) electrons. The summed E-state index contributed by atoms with van der Waals surface area (Å²) in [6, 6.07) is 5.45. The van der Waals surface area contributed by atoms with Gasteiger partial charge in [0.25, 0.3) is 11.8 Å². The Balaban J connectivity index is 2.19. The molecule has 0 aliphatic carbocycles. The van der Waals surface area contributed by atoms with Crippen molar-refractivity contribution in [2.24, 2.45) is 10.2 Å². The van der Waals surface area contributed by atoms with E-state index >= 15 is 0 Å². The van der Waals surface area contributed by atoms with Crippen LogP contribution in [0.3, 0.4) is 0 Å². The van der Waals surface area contributed by atoms with E-state index < -0.39 is 17.9 Å². The van der Waals surface area contributed by atoms with Crippen molar-refractivity contribution in [3.63, 3.8) is 0 Å². The average Bonchev–Trinajstić information content (AvgIpc) is 2.30. The van der Waals surface area contributed by atoms with E-state index in [1.807, 2.05) is 0 Å². The second kappa shape index (κ2) is 5.19. The van der Waals surface area contributed by atoms with Gasteiger partial charge >= 0.3 is 0 Å². The first-order valence-electron chi connectivity index (χ1n) is 4.89. The maximum absolute atomic E-state index is 11.5. The fourth-order valence-electron chi connectivity index (χ4n) is 1.27. The lowest BCUT2D eigenvalue weighted by Gasteiger charge is -2.18. The molecule has 2 rings (SSSR count). The lowest BCUT2D eigenvalue weighted by atomic mass is 10.2. The predicted octanol–water partition coefficient (Wildman–Crippen LogP) is 1.32. The molecule has 2 amide bonds. The van der Waals surface area contributed by atoms with Crippen LogP contribution >= 0.6 is 23.8 Å². The molecule has 1 saturated heterocycles. The van der Waals surface area contributed by atoms with Gasteiger partial charge in [-0.25, -0.2) is 0 Å². The van der Waals surface area contributed by atoms with E-state index in [-0.39, 0.29) is 5.11 Å². The summed E-state index contributed by atoms with van der Waals surface area (Å²) >= 11 is 10.5. The van der Waals surface area contributed by atoms with Crippen LogP contribution in [0.25, 0.3) is 0 Å². The number of nitrogens with one attached hydrogen (secondary N) is 2. The molecule has 2 N–H and O–H groups in total. The Kier molecular flexibility index (Phi) is 3.63. The van der Waals surface area contributed by atoms with Crippen LogP contribution in [0.1, 0.15) is 0 Å². The molecule has 6 nitrogen and oxygen atoms in total. The molecule has 1 heterocycles. The van der Waals surface area contributed by atoms with Gasteiger partial charge in [-0.15, -0.1) is 0 Å². The fourth-order valence-corrected chi connectivity index (χ4v) is 1.64. The molecule has 1 aliphatic heterocycles. The first-order chi connectivity index (χ1) is 8.58. The zero-order valence-electron chi connectivity index (χ0n) is 8.88. The summed E-state index contributed by atoms with van der Waals surface area (Å²) < 4.78 is 0. The summed E-state index contributed by atoms with van der Waals surface area (Å²) in [5.41, 5.74) is 0.382. The predicted molar refractivity (Wildman–Crippen MR) is 68.6 cm³/mol. The number of benzene rings is 1. The number of hydrogen-bond acceptors (Lipinski definition) is 5. The number of hydrogen-bond donors (Lipinski definition) is 2. The third kappa shape index (κ3) is 2.69. The maximum atomic E-state index is 11.5. The van der Waals surface area contributed by atoms with Gasteiger partial charge in [-0.3, -0.25) is 9.59 Å². The normalized spacial score (nSPS) is 16.8. The van der Waals surface area contributed by atoms with Crippen molar-refractivity contribution in [3.8, 4) is 0 Å². The van der Waals surface area contributed by atoms with Crippen LogP contribution in [0.15, 0.2) is 34.5 Å². The minimum atomic E-state index is -1.26. The first-order valence-corrected chi connectivity index (χ1v) is 5.67. The van der Waals surface area contributed by atoms with E-state index in [1.54, 1.807) is 24.3 Å². The molecular weight excluding hydrogens is 276 g/mol. The Morgan fingerprint density at radius 2 is 1.78 bits per heavy atom. The highest BCUT2D eigenvalue weighted by molar-refractivity contribution is 7.80. The smallest absolute Gasteiger partial charge is 0.262 e. The molecule has 0 unspecified atom stereocenters. The lowest BCUT2D eigenvalue weighted by Crippen LogP contribution is -2.57. The number of carbonyl (C=O) groups is 2. The van der Waals surface area contributed by atoms with Gasteiger partial charge in [0.1, 0.15) is 5.69 Å². The number of amides is 2. The third-order valence-electron chi connectivity index (χ3n) is 2.10. The van der Waals surface area contributed by atoms with Gasteiger partial charge in [-0.1, -0.05) is 23.7 Å². The molecule has 92 valence electrons. The molecule has 1 aliphatic rings. The average molecular weight is 283 g/mol. The second-order valence-corrected chi connectivity index (χ2v) is 4.19. The van der Waals surface area contributed by atoms with Crippen molar-refractivity contribution in [2.75, 3.05) is 0 Å². The standard InChI is InChI=1S/C10H7ClN4O2S/c11-5-3-1-2-4-6(5)14-15-7-8(16)12-10(18)13-9(7)17/h1-4,7H,(H2,12,13,16,17,18). The molecule has 8 heteroatoms. The highest BCUT2D eigenvalue weighted by atomic mass is 35.5. The number of carbonyl (C=O) groups excluding carboxylic acids is 2. The highest BCUT2D eigenvalue weighted by Crippen LogP contribution is 2.24. The van der Waals surface area contributed by atoms with Gasteiger partial charge in [-0.05, 0) is 24.4 Å². The van der Waals surface area contributed by atoms with Crippen molar-refractivity contribution in [2.45, 2.75) is 6.04 Å². The molecule has 1 aromatic carbocycles. The minimum Gasteiger partial charge on any atom is -0.300 e. The number of rotatable bonds is 2. The Bertz CT molecular complexity index is 541. The van der Waals surface area contributed by atoms with Gasteiger partial charge in [0.05, 0.1) is 5.02 Å². The lowest BCUT2D eigenvalue weighted by molar-refractivity contribution is -0.131. The van der Waals surface area contributed by atoms with Crippen LogP contribution in [0.5, 0.6) is 0 Å². The SMILES string of the molecule is O=C1NC(=S)NC(=O)C1N=Nc1ccccc1Cl. The Morgan fingerprint density at radius 3 is 2.39 bits per heavy atom. The van der Waals surface area contributed by atoms with Crippen LogP contribution in [-0.2, 0) is 9.59 Å². The highest BCUT2D eigenvalue weighted by Gasteiger charge is 2.32. The largest absolute Gasteiger partial charge is 0.300 e. The molecule has 1 aromatic rings. The summed E-state index contributed by atoms with van der Waals surface area (Å²) in [4.78, 5) is 23.0. The topological polar surface area (TPSA) is 82.9 Å². The quantitative estimate of drug-likeness (QED) is 0.487. The molecule has 0 saturated carbocycles. The van der Waals surface area contributed by atoms with Crippen molar-refractivity contribution >= 4 is 46.4 Å². The molecule has 0 aromatic heterocycles. The molecule has 0 spiro atoms. The molecule has 18 heavy (non-hydrogen) atoms. The number of nitrogens with zero attached hydrogens (tertiary/aromatic N) is 2. The molecule has 0 atom stereocenters. The van der Waals surface area contributed by atoms with E-state index in [4.69, 9.17) is 11.6 Å². The zero-order chi connectivity index (χ0) is 13.1. The Labute approximate surface area is 112 Å². The van der Waals surface area contributed by atoms with E-state index in [9.17, 15) is 9.59 Å². The van der Waals surface area contributed by atoms with E-state index in [0.717, 1.165) is 0 Å². The van der Waals surface area contributed by atoms with Crippen molar-refractivity contribution in [1.29, 1.82) is 0 Å². The van der Waals surface area contributed by atoms with E-state index in [1.165, 1.54) is 0 Å². The van der Waals surface area contributed by atoms with Crippen LogP contribution in [0, 0.1) is 0 Å². The van der Waals surface area contributed by atoms with E-state index in [2.05, 4.69) is 33.1 Å². The summed E-state index contributed by atoms with van der Waals surface area (Å²) in [6.07, 6.45) is 0. The van der Waals surface area contributed by atoms with Gasteiger partial charge in [0.2, 0.25) is 6.04 Å². The maximum Gasteiger partial charge on any atom is 0.262 e. The summed E-state index contributed by atoms with van der Waals surface area (Å²) in [5.74, 6) is -1.22. The van der Waals surface area contributed by atoms with Crippen LogP contribution < -0.4 is 10.6 Å². The van der Waals surface area contributed by atoms with Gasteiger partial charge in [-0.2, -0.15) is 10.2 Å². The zero-order valence-corrected chi connectivity index (χ0v) is 10.5.